The van der Waals surface area contributed by atoms with Crippen LogP contribution in [-0.4, -0.2) is 46.6 Å². The first-order chi connectivity index (χ1) is 8.29. The van der Waals surface area contributed by atoms with Gasteiger partial charge in [0.2, 0.25) is 0 Å². The maximum Gasteiger partial charge on any atom is 0.0945 e. The van der Waals surface area contributed by atoms with Crippen LogP contribution in [0.1, 0.15) is 19.3 Å². The minimum absolute atomic E-state index is 0.562. The fourth-order valence-electron chi connectivity index (χ4n) is 2.05. The Hall–Kier alpha value is -0.910. The predicted molar refractivity (Wildman–Crippen MR) is 64.7 cm³/mol. The molecule has 1 fully saturated rings. The molecule has 1 saturated heterocycles. The number of rotatable bonds is 6. The molecule has 0 unspecified atom stereocenters. The van der Waals surface area contributed by atoms with Crippen LogP contribution in [-0.2, 0) is 11.3 Å². The van der Waals surface area contributed by atoms with Crippen LogP contribution in [0, 0.1) is 0 Å². The third kappa shape index (κ3) is 4.11. The molecule has 0 bridgehead atoms. The van der Waals surface area contributed by atoms with Gasteiger partial charge in [0.25, 0.3) is 0 Å². The predicted octanol–water partition coefficient (Wildman–Crippen LogP) is 0.404. The van der Waals surface area contributed by atoms with Crippen LogP contribution in [0.25, 0.3) is 0 Å². The smallest absolute Gasteiger partial charge is 0.0945 e. The van der Waals surface area contributed by atoms with Gasteiger partial charge in [-0.2, -0.15) is 0 Å². The highest BCUT2D eigenvalue weighted by atomic mass is 16.5. The van der Waals surface area contributed by atoms with Crippen molar-refractivity contribution in [1.29, 1.82) is 0 Å². The van der Waals surface area contributed by atoms with E-state index in [-0.39, 0.29) is 0 Å². The number of aryl methyl sites for hydroxylation is 1. The lowest BCUT2D eigenvalue weighted by molar-refractivity contribution is -0.0614. The summed E-state index contributed by atoms with van der Waals surface area (Å²) < 4.78 is 7.30. The molecule has 0 aliphatic carbocycles. The highest BCUT2D eigenvalue weighted by molar-refractivity contribution is 4.83. The molecule has 0 spiro atoms. The monoisotopic (exact) mass is 239 g/mol. The van der Waals surface area contributed by atoms with E-state index in [9.17, 15) is 5.11 Å². The Balaban J connectivity index is 1.56. The van der Waals surface area contributed by atoms with Gasteiger partial charge in [0.05, 0.1) is 11.9 Å². The molecule has 2 rings (SSSR count). The Morgan fingerprint density at radius 2 is 2.24 bits per heavy atom. The number of aliphatic hydroxyl groups is 1. The first-order valence-electron chi connectivity index (χ1n) is 6.25. The summed E-state index contributed by atoms with van der Waals surface area (Å²) in [5.74, 6) is 0. The third-order valence-corrected chi connectivity index (χ3v) is 3.21. The van der Waals surface area contributed by atoms with Crippen LogP contribution < -0.4 is 5.32 Å². The molecular formula is C12H21N3O2. The molecule has 1 aromatic heterocycles. The highest BCUT2D eigenvalue weighted by Gasteiger charge is 2.28. The SMILES string of the molecule is OC1(CNCCCn2ccnc2)CCOCC1. The first-order valence-corrected chi connectivity index (χ1v) is 6.25. The number of nitrogens with zero attached hydrogens (tertiary/aromatic N) is 2. The molecule has 5 nitrogen and oxygen atoms in total. The number of imidazole rings is 1. The van der Waals surface area contributed by atoms with E-state index in [1.54, 1.807) is 6.20 Å². The summed E-state index contributed by atoms with van der Waals surface area (Å²) in [6, 6.07) is 0. The van der Waals surface area contributed by atoms with Crippen LogP contribution in [0.15, 0.2) is 18.7 Å². The van der Waals surface area contributed by atoms with Crippen LogP contribution in [0.4, 0.5) is 0 Å². The van der Waals surface area contributed by atoms with Crippen molar-refractivity contribution < 1.29 is 9.84 Å². The second-order valence-corrected chi connectivity index (χ2v) is 4.67. The van der Waals surface area contributed by atoms with Crippen LogP contribution in [0.5, 0.6) is 0 Å². The maximum atomic E-state index is 10.2. The van der Waals surface area contributed by atoms with Crippen molar-refractivity contribution in [2.75, 3.05) is 26.3 Å². The quantitative estimate of drug-likeness (QED) is 0.706. The van der Waals surface area contributed by atoms with Gasteiger partial charge in [-0.1, -0.05) is 0 Å². The first kappa shape index (κ1) is 12.5. The van der Waals surface area contributed by atoms with Crippen molar-refractivity contribution in [2.24, 2.45) is 0 Å². The molecule has 2 N–H and O–H groups in total. The number of nitrogens with one attached hydrogen (secondary N) is 1. The fraction of sp³-hybridized carbons (Fsp3) is 0.750. The van der Waals surface area contributed by atoms with E-state index in [1.807, 2.05) is 12.5 Å². The molecule has 0 radical (unpaired) electrons. The summed E-state index contributed by atoms with van der Waals surface area (Å²) in [4.78, 5) is 3.99. The lowest BCUT2D eigenvalue weighted by Gasteiger charge is -2.32. The van der Waals surface area contributed by atoms with Crippen molar-refractivity contribution in [3.05, 3.63) is 18.7 Å². The number of hydrogen-bond acceptors (Lipinski definition) is 4. The number of hydrogen-bond donors (Lipinski definition) is 2. The second kappa shape index (κ2) is 6.14. The Bertz CT molecular complexity index is 308. The summed E-state index contributed by atoms with van der Waals surface area (Å²) in [6.07, 6.45) is 8.10. The molecule has 1 aliphatic heterocycles. The van der Waals surface area contributed by atoms with Crippen LogP contribution in [0.2, 0.25) is 0 Å². The molecule has 1 aromatic rings. The largest absolute Gasteiger partial charge is 0.388 e. The lowest BCUT2D eigenvalue weighted by Crippen LogP contribution is -2.45. The van der Waals surface area contributed by atoms with E-state index in [4.69, 9.17) is 4.74 Å². The van der Waals surface area contributed by atoms with Gasteiger partial charge in [0.1, 0.15) is 0 Å². The fourth-order valence-corrected chi connectivity index (χ4v) is 2.05. The minimum Gasteiger partial charge on any atom is -0.388 e. The summed E-state index contributed by atoms with van der Waals surface area (Å²) in [5.41, 5.74) is -0.562. The van der Waals surface area contributed by atoms with Gasteiger partial charge in [-0.15, -0.1) is 0 Å². The van der Waals surface area contributed by atoms with Gasteiger partial charge < -0.3 is 19.7 Å². The molecule has 0 atom stereocenters. The summed E-state index contributed by atoms with van der Waals surface area (Å²) >= 11 is 0. The summed E-state index contributed by atoms with van der Waals surface area (Å²) in [6.45, 7) is 3.90. The van der Waals surface area contributed by atoms with Gasteiger partial charge in [0.15, 0.2) is 0 Å². The molecule has 5 heteroatoms. The summed E-state index contributed by atoms with van der Waals surface area (Å²) in [5, 5.41) is 13.5. The van der Waals surface area contributed by atoms with Crippen LogP contribution in [0.3, 0.4) is 0 Å². The summed E-state index contributed by atoms with van der Waals surface area (Å²) in [7, 11) is 0. The molecule has 0 aromatic carbocycles. The van der Waals surface area contributed by atoms with E-state index in [0.717, 1.165) is 32.4 Å². The Kier molecular flexibility index (Phi) is 4.53. The molecule has 96 valence electrons. The number of ether oxygens (including phenoxy) is 1. The van der Waals surface area contributed by atoms with Gasteiger partial charge in [0, 0.05) is 51.5 Å². The van der Waals surface area contributed by atoms with Crippen molar-refractivity contribution >= 4 is 0 Å². The second-order valence-electron chi connectivity index (χ2n) is 4.67. The Labute approximate surface area is 102 Å². The van der Waals surface area contributed by atoms with Crippen molar-refractivity contribution in [3.8, 4) is 0 Å². The Morgan fingerprint density at radius 3 is 2.94 bits per heavy atom. The third-order valence-electron chi connectivity index (χ3n) is 3.21. The van der Waals surface area contributed by atoms with Gasteiger partial charge >= 0.3 is 0 Å². The zero-order valence-electron chi connectivity index (χ0n) is 10.1. The zero-order chi connectivity index (χ0) is 12.0. The topological polar surface area (TPSA) is 59.3 Å². The minimum atomic E-state index is -0.562. The van der Waals surface area contributed by atoms with E-state index < -0.39 is 5.60 Å². The highest BCUT2D eigenvalue weighted by Crippen LogP contribution is 2.18. The molecule has 0 amide bonds. The van der Waals surface area contributed by atoms with E-state index >= 15 is 0 Å². The van der Waals surface area contributed by atoms with E-state index in [1.165, 1.54) is 0 Å². The van der Waals surface area contributed by atoms with Gasteiger partial charge in [-0.05, 0) is 13.0 Å². The van der Waals surface area contributed by atoms with Gasteiger partial charge in [-0.3, -0.25) is 0 Å². The average Bonchev–Trinajstić information content (AvgIpc) is 2.82. The van der Waals surface area contributed by atoms with E-state index in [2.05, 4.69) is 14.9 Å². The average molecular weight is 239 g/mol. The standard InChI is InChI=1S/C12H21N3O2/c16-12(2-8-17-9-3-12)10-13-4-1-6-15-7-5-14-11-15/h5,7,11,13,16H,1-4,6,8-10H2. The molecule has 2 heterocycles. The maximum absolute atomic E-state index is 10.2. The molecule has 1 aliphatic rings. The van der Waals surface area contributed by atoms with Crippen molar-refractivity contribution in [2.45, 2.75) is 31.4 Å². The van der Waals surface area contributed by atoms with Gasteiger partial charge in [-0.25, -0.2) is 4.98 Å². The van der Waals surface area contributed by atoms with Crippen molar-refractivity contribution in [3.63, 3.8) is 0 Å². The lowest BCUT2D eigenvalue weighted by atomic mass is 9.94. The number of aromatic nitrogens is 2. The van der Waals surface area contributed by atoms with Crippen LogP contribution >= 0.6 is 0 Å². The normalized spacial score (nSPS) is 19.4. The van der Waals surface area contributed by atoms with E-state index in [0.29, 0.717) is 19.8 Å². The molecule has 0 saturated carbocycles. The molecular weight excluding hydrogens is 218 g/mol. The molecule has 17 heavy (non-hydrogen) atoms. The van der Waals surface area contributed by atoms with Crippen molar-refractivity contribution in [1.82, 2.24) is 14.9 Å². The Morgan fingerprint density at radius 1 is 1.41 bits per heavy atom. The zero-order valence-corrected chi connectivity index (χ0v) is 10.1.